The summed E-state index contributed by atoms with van der Waals surface area (Å²) in [6.45, 7) is 2.91. The van der Waals surface area contributed by atoms with Crippen LogP contribution in [0.2, 0.25) is 0 Å². The zero-order valence-electron chi connectivity index (χ0n) is 13.6. The normalized spacial score (nSPS) is 13.2. The smallest absolute Gasteiger partial charge is 0.191 e. The Kier molecular flexibility index (Phi) is 4.30. The van der Waals surface area contributed by atoms with E-state index in [1.54, 1.807) is 30.4 Å². The average molecular weight is 337 g/mol. The van der Waals surface area contributed by atoms with E-state index in [-0.39, 0.29) is 0 Å². The number of thioether (sulfide) groups is 1. The molecular weight excluding hydrogens is 318 g/mol. The Labute approximate surface area is 145 Å². The van der Waals surface area contributed by atoms with Gasteiger partial charge in [0.2, 0.25) is 0 Å². The molecule has 5 nitrogen and oxygen atoms in total. The first kappa shape index (κ1) is 15.3. The molecule has 0 spiro atoms. The fourth-order valence-corrected chi connectivity index (χ4v) is 4.09. The number of rotatable bonds is 5. The highest BCUT2D eigenvalue weighted by atomic mass is 32.2. The minimum atomic E-state index is 0.760. The van der Waals surface area contributed by atoms with E-state index in [4.69, 9.17) is 0 Å². The van der Waals surface area contributed by atoms with Gasteiger partial charge in [-0.05, 0) is 42.9 Å². The fraction of sp³-hybridized carbons (Fsp3) is 0.333. The molecule has 0 amide bonds. The molecule has 2 heterocycles. The van der Waals surface area contributed by atoms with Gasteiger partial charge in [0.25, 0.3) is 0 Å². The number of benzene rings is 1. The van der Waals surface area contributed by atoms with Crippen LogP contribution in [0.15, 0.2) is 41.9 Å². The van der Waals surface area contributed by atoms with Gasteiger partial charge in [0.1, 0.15) is 5.69 Å². The Bertz CT molecular complexity index is 844. The van der Waals surface area contributed by atoms with Crippen LogP contribution in [0, 0.1) is 0 Å². The predicted molar refractivity (Wildman–Crippen MR) is 94.8 cm³/mol. The zero-order valence-corrected chi connectivity index (χ0v) is 14.5. The zero-order chi connectivity index (χ0) is 16.4. The summed E-state index contributed by atoms with van der Waals surface area (Å²) in [6, 6.07) is 6.88. The Morgan fingerprint density at radius 3 is 2.88 bits per heavy atom. The highest BCUT2D eigenvalue weighted by Crippen LogP contribution is 2.28. The lowest BCUT2D eigenvalue weighted by atomic mass is 10.1. The Morgan fingerprint density at radius 2 is 2.04 bits per heavy atom. The molecule has 3 aromatic rings. The van der Waals surface area contributed by atoms with E-state index < -0.39 is 0 Å². The van der Waals surface area contributed by atoms with Gasteiger partial charge in [0, 0.05) is 24.7 Å². The number of aromatic nitrogens is 5. The van der Waals surface area contributed by atoms with Gasteiger partial charge in [0.05, 0.1) is 6.20 Å². The lowest BCUT2D eigenvalue weighted by Gasteiger charge is -2.07. The van der Waals surface area contributed by atoms with Crippen molar-refractivity contribution in [1.82, 2.24) is 24.7 Å². The molecule has 1 aliphatic carbocycles. The van der Waals surface area contributed by atoms with Crippen molar-refractivity contribution in [1.29, 1.82) is 0 Å². The molecule has 1 aromatic carbocycles. The summed E-state index contributed by atoms with van der Waals surface area (Å²) in [4.78, 5) is 8.46. The van der Waals surface area contributed by atoms with Crippen molar-refractivity contribution >= 4 is 11.8 Å². The second-order valence-electron chi connectivity index (χ2n) is 5.89. The maximum absolute atomic E-state index is 4.36. The van der Waals surface area contributed by atoms with Crippen LogP contribution < -0.4 is 0 Å². The van der Waals surface area contributed by atoms with Crippen LogP contribution in [0.5, 0.6) is 0 Å². The van der Waals surface area contributed by atoms with Crippen molar-refractivity contribution in [2.45, 2.75) is 43.6 Å². The molecule has 0 fully saturated rings. The van der Waals surface area contributed by atoms with E-state index in [9.17, 15) is 0 Å². The first-order valence-corrected chi connectivity index (χ1v) is 9.27. The molecule has 0 saturated carbocycles. The quantitative estimate of drug-likeness (QED) is 0.667. The Balaban J connectivity index is 1.54. The summed E-state index contributed by atoms with van der Waals surface area (Å²) >= 11 is 1.73. The van der Waals surface area contributed by atoms with Gasteiger partial charge in [-0.25, -0.2) is 4.98 Å². The molecule has 6 heteroatoms. The second-order valence-corrected chi connectivity index (χ2v) is 6.83. The molecule has 1 aliphatic rings. The SMILES string of the molecule is CCn1c(SCc2ccc3c(c2)CCC3)nnc1-c1cnccn1. The van der Waals surface area contributed by atoms with Crippen LogP contribution in [-0.4, -0.2) is 24.7 Å². The van der Waals surface area contributed by atoms with E-state index in [2.05, 4.69) is 49.9 Å². The minimum absolute atomic E-state index is 0.760. The highest BCUT2D eigenvalue weighted by Gasteiger charge is 2.15. The monoisotopic (exact) mass is 337 g/mol. The summed E-state index contributed by atoms with van der Waals surface area (Å²) in [5.74, 6) is 1.69. The minimum Gasteiger partial charge on any atom is -0.301 e. The molecule has 0 bridgehead atoms. The van der Waals surface area contributed by atoms with Crippen LogP contribution in [0.1, 0.15) is 30.0 Å². The van der Waals surface area contributed by atoms with Crippen molar-refractivity contribution in [3.8, 4) is 11.5 Å². The van der Waals surface area contributed by atoms with E-state index in [0.29, 0.717) is 0 Å². The summed E-state index contributed by atoms with van der Waals surface area (Å²) in [5.41, 5.74) is 5.15. The summed E-state index contributed by atoms with van der Waals surface area (Å²) in [7, 11) is 0. The summed E-state index contributed by atoms with van der Waals surface area (Å²) in [5, 5.41) is 9.61. The van der Waals surface area contributed by atoms with E-state index in [0.717, 1.165) is 29.0 Å². The molecule has 0 atom stereocenters. The van der Waals surface area contributed by atoms with Crippen LogP contribution in [0.4, 0.5) is 0 Å². The summed E-state index contributed by atoms with van der Waals surface area (Å²) in [6.07, 6.45) is 8.81. The van der Waals surface area contributed by atoms with Crippen LogP contribution in [-0.2, 0) is 25.1 Å². The third-order valence-corrected chi connectivity index (χ3v) is 5.39. The molecule has 2 aromatic heterocycles. The van der Waals surface area contributed by atoms with Gasteiger partial charge >= 0.3 is 0 Å². The maximum atomic E-state index is 4.36. The molecule has 24 heavy (non-hydrogen) atoms. The third kappa shape index (κ3) is 2.94. The van der Waals surface area contributed by atoms with Gasteiger partial charge in [-0.1, -0.05) is 30.0 Å². The van der Waals surface area contributed by atoms with Gasteiger partial charge in [0.15, 0.2) is 11.0 Å². The van der Waals surface area contributed by atoms with Crippen LogP contribution >= 0.6 is 11.8 Å². The van der Waals surface area contributed by atoms with Crippen molar-refractivity contribution in [2.75, 3.05) is 0 Å². The lowest BCUT2D eigenvalue weighted by Crippen LogP contribution is -2.01. The molecule has 4 rings (SSSR count). The van der Waals surface area contributed by atoms with Crippen molar-refractivity contribution in [3.05, 3.63) is 53.5 Å². The maximum Gasteiger partial charge on any atom is 0.191 e. The van der Waals surface area contributed by atoms with Crippen molar-refractivity contribution in [2.24, 2.45) is 0 Å². The molecule has 0 radical (unpaired) electrons. The molecule has 122 valence electrons. The van der Waals surface area contributed by atoms with Crippen molar-refractivity contribution in [3.63, 3.8) is 0 Å². The van der Waals surface area contributed by atoms with Gasteiger partial charge in [-0.2, -0.15) is 0 Å². The van der Waals surface area contributed by atoms with E-state index >= 15 is 0 Å². The lowest BCUT2D eigenvalue weighted by molar-refractivity contribution is 0.685. The predicted octanol–water partition coefficient (Wildman–Crippen LogP) is 3.54. The molecular formula is C18H19N5S. The largest absolute Gasteiger partial charge is 0.301 e. The van der Waals surface area contributed by atoms with E-state index in [1.807, 2.05) is 0 Å². The number of hydrogen-bond donors (Lipinski definition) is 0. The number of fused-ring (bicyclic) bond motifs is 1. The van der Waals surface area contributed by atoms with Gasteiger partial charge < -0.3 is 4.57 Å². The van der Waals surface area contributed by atoms with E-state index in [1.165, 1.54) is 36.0 Å². The highest BCUT2D eigenvalue weighted by molar-refractivity contribution is 7.98. The Hall–Kier alpha value is -2.21. The van der Waals surface area contributed by atoms with Crippen LogP contribution in [0.3, 0.4) is 0 Å². The fourth-order valence-electron chi connectivity index (χ4n) is 3.15. The van der Waals surface area contributed by atoms with Crippen molar-refractivity contribution < 1.29 is 0 Å². The number of nitrogens with zero attached hydrogens (tertiary/aromatic N) is 5. The summed E-state index contributed by atoms with van der Waals surface area (Å²) < 4.78 is 2.10. The first-order chi connectivity index (χ1) is 11.8. The second kappa shape index (κ2) is 6.73. The number of hydrogen-bond acceptors (Lipinski definition) is 5. The average Bonchev–Trinajstić information content (AvgIpc) is 3.26. The van der Waals surface area contributed by atoms with Gasteiger partial charge in [-0.15, -0.1) is 10.2 Å². The first-order valence-electron chi connectivity index (χ1n) is 8.28. The molecule has 0 saturated heterocycles. The number of aryl methyl sites for hydroxylation is 2. The standard InChI is InChI=1S/C18H19N5S/c1-2-23-17(16-11-19-8-9-20-16)21-22-18(23)24-12-13-6-7-14-4-3-5-15(14)10-13/h6-11H,2-5,12H2,1H3. The molecule has 0 N–H and O–H groups in total. The molecule has 0 unspecified atom stereocenters. The van der Waals surface area contributed by atoms with Gasteiger partial charge in [-0.3, -0.25) is 4.98 Å². The topological polar surface area (TPSA) is 56.5 Å². The third-order valence-electron chi connectivity index (χ3n) is 4.36. The molecule has 0 aliphatic heterocycles. The Morgan fingerprint density at radius 1 is 1.12 bits per heavy atom. The van der Waals surface area contributed by atoms with Crippen LogP contribution in [0.25, 0.3) is 11.5 Å².